The number of alkyl halides is 1. The number of halogens is 1. The molecule has 1 aromatic rings. The molecule has 0 unspecified atom stereocenters. The van der Waals surface area contributed by atoms with Crippen LogP contribution in [-0.2, 0) is 0 Å². The number of benzene rings is 1. The van der Waals surface area contributed by atoms with Crippen LogP contribution in [0.3, 0.4) is 0 Å². The third-order valence-corrected chi connectivity index (χ3v) is 5.17. The van der Waals surface area contributed by atoms with Gasteiger partial charge in [0.25, 0.3) is 0 Å². The summed E-state index contributed by atoms with van der Waals surface area (Å²) in [6.45, 7) is 11.4. The number of hydrogen-bond donors (Lipinski definition) is 1. The van der Waals surface area contributed by atoms with Crippen molar-refractivity contribution in [2.24, 2.45) is 5.41 Å². The highest BCUT2D eigenvalue weighted by Gasteiger charge is 2.26. The van der Waals surface area contributed by atoms with E-state index in [1.807, 2.05) is 0 Å². The third kappa shape index (κ3) is 4.43. The van der Waals surface area contributed by atoms with E-state index >= 15 is 0 Å². The summed E-state index contributed by atoms with van der Waals surface area (Å²) < 4.78 is 1.15. The second kappa shape index (κ2) is 7.75. The molecular weight excluding hydrogens is 385 g/mol. The lowest BCUT2D eigenvalue weighted by atomic mass is 9.82. The smallest absolute Gasteiger partial charge is 0.0620 e. The Bertz CT molecular complexity index is 471. The van der Waals surface area contributed by atoms with Crippen molar-refractivity contribution >= 4 is 39.7 Å². The van der Waals surface area contributed by atoms with E-state index in [2.05, 4.69) is 71.4 Å². The molecule has 1 aliphatic heterocycles. The van der Waals surface area contributed by atoms with Gasteiger partial charge in [0.1, 0.15) is 0 Å². The van der Waals surface area contributed by atoms with Gasteiger partial charge < -0.3 is 15.5 Å². The number of nitrogens with zero attached hydrogens (tertiary/aromatic N) is 2. The molecule has 124 valence electrons. The summed E-state index contributed by atoms with van der Waals surface area (Å²) in [4.78, 5) is 4.95. The maximum Gasteiger partial charge on any atom is 0.0620 e. The van der Waals surface area contributed by atoms with E-state index in [4.69, 9.17) is 5.73 Å². The molecule has 0 bridgehead atoms. The largest absolute Gasteiger partial charge is 0.397 e. The number of hydrogen-bond acceptors (Lipinski definition) is 3. The van der Waals surface area contributed by atoms with Crippen LogP contribution >= 0.6 is 22.6 Å². The predicted octanol–water partition coefficient (Wildman–Crippen LogP) is 4.55. The standard InChI is InChI=1S/C18H30IN3/c1-4-10-21(13-9-19)15-5-6-16(20)17(14-15)22-11-7-18(2,3)8-12-22/h5-6,14H,4,7-13,20H2,1-3H3. The highest BCUT2D eigenvalue weighted by atomic mass is 127. The maximum absolute atomic E-state index is 6.27. The summed E-state index contributed by atoms with van der Waals surface area (Å²) in [6.07, 6.45) is 3.65. The molecular formula is C18H30IN3. The molecule has 2 N–H and O–H groups in total. The van der Waals surface area contributed by atoms with Crippen molar-refractivity contribution < 1.29 is 0 Å². The molecule has 0 radical (unpaired) electrons. The molecule has 0 atom stereocenters. The Kier molecular flexibility index (Phi) is 6.24. The topological polar surface area (TPSA) is 32.5 Å². The first kappa shape index (κ1) is 17.7. The van der Waals surface area contributed by atoms with Gasteiger partial charge in [-0.2, -0.15) is 0 Å². The highest BCUT2D eigenvalue weighted by Crippen LogP contribution is 2.36. The molecule has 0 spiro atoms. The van der Waals surface area contributed by atoms with Crippen LogP contribution < -0.4 is 15.5 Å². The van der Waals surface area contributed by atoms with Crippen LogP contribution in [0.25, 0.3) is 0 Å². The van der Waals surface area contributed by atoms with Gasteiger partial charge in [0.05, 0.1) is 11.4 Å². The second-order valence-corrected chi connectivity index (χ2v) is 8.15. The Morgan fingerprint density at radius 2 is 1.91 bits per heavy atom. The van der Waals surface area contributed by atoms with Gasteiger partial charge in [-0.15, -0.1) is 0 Å². The Hall–Kier alpha value is -0.650. The summed E-state index contributed by atoms with van der Waals surface area (Å²) in [5.41, 5.74) is 10.2. The van der Waals surface area contributed by atoms with Crippen LogP contribution in [0.2, 0.25) is 0 Å². The molecule has 1 aliphatic rings. The molecule has 0 aliphatic carbocycles. The molecule has 0 amide bonds. The van der Waals surface area contributed by atoms with Crippen LogP contribution in [0.4, 0.5) is 17.1 Å². The van der Waals surface area contributed by atoms with E-state index in [-0.39, 0.29) is 0 Å². The van der Waals surface area contributed by atoms with Gasteiger partial charge in [-0.1, -0.05) is 43.4 Å². The van der Waals surface area contributed by atoms with E-state index in [9.17, 15) is 0 Å². The summed E-state index contributed by atoms with van der Waals surface area (Å²) >= 11 is 2.45. The fourth-order valence-corrected chi connectivity index (χ4v) is 3.68. The molecule has 1 saturated heterocycles. The average Bonchev–Trinajstić information content (AvgIpc) is 2.48. The fourth-order valence-electron chi connectivity index (χ4n) is 3.10. The van der Waals surface area contributed by atoms with Gasteiger partial charge >= 0.3 is 0 Å². The fraction of sp³-hybridized carbons (Fsp3) is 0.667. The van der Waals surface area contributed by atoms with Gasteiger partial charge in [-0.05, 0) is 42.9 Å². The zero-order chi connectivity index (χ0) is 16.2. The minimum absolute atomic E-state index is 0.471. The summed E-state index contributed by atoms with van der Waals surface area (Å²) in [6, 6.07) is 6.56. The molecule has 0 saturated carbocycles. The summed E-state index contributed by atoms with van der Waals surface area (Å²) in [5.74, 6) is 0. The molecule has 2 rings (SSSR count). The second-order valence-electron chi connectivity index (χ2n) is 7.07. The van der Waals surface area contributed by atoms with Crippen molar-refractivity contribution in [3.05, 3.63) is 18.2 Å². The Morgan fingerprint density at radius 1 is 1.23 bits per heavy atom. The molecule has 1 fully saturated rings. The van der Waals surface area contributed by atoms with Crippen LogP contribution in [0.15, 0.2) is 18.2 Å². The predicted molar refractivity (Wildman–Crippen MR) is 107 cm³/mol. The van der Waals surface area contributed by atoms with Crippen molar-refractivity contribution in [3.8, 4) is 0 Å². The van der Waals surface area contributed by atoms with Crippen molar-refractivity contribution in [1.29, 1.82) is 0 Å². The minimum Gasteiger partial charge on any atom is -0.397 e. The van der Waals surface area contributed by atoms with Crippen molar-refractivity contribution in [1.82, 2.24) is 0 Å². The molecule has 1 heterocycles. The molecule has 4 heteroatoms. The monoisotopic (exact) mass is 415 g/mol. The van der Waals surface area contributed by atoms with Crippen LogP contribution in [0.5, 0.6) is 0 Å². The van der Waals surface area contributed by atoms with Gasteiger partial charge in [-0.25, -0.2) is 0 Å². The average molecular weight is 415 g/mol. The van der Waals surface area contributed by atoms with Crippen molar-refractivity contribution in [2.75, 3.05) is 46.1 Å². The first-order valence-corrected chi connectivity index (χ1v) is 9.95. The van der Waals surface area contributed by atoms with E-state index < -0.39 is 0 Å². The van der Waals surface area contributed by atoms with E-state index in [1.54, 1.807) is 0 Å². The number of nitrogen functional groups attached to an aromatic ring is 1. The van der Waals surface area contributed by atoms with Crippen LogP contribution in [-0.4, -0.2) is 30.6 Å². The van der Waals surface area contributed by atoms with Gasteiger partial charge in [-0.3, -0.25) is 0 Å². The highest BCUT2D eigenvalue weighted by molar-refractivity contribution is 14.1. The number of nitrogens with two attached hydrogens (primary N) is 1. The lowest BCUT2D eigenvalue weighted by molar-refractivity contribution is 0.280. The van der Waals surface area contributed by atoms with Gasteiger partial charge in [0.15, 0.2) is 0 Å². The SMILES string of the molecule is CCCN(CCI)c1ccc(N)c(N2CCC(C)(C)CC2)c1. The maximum atomic E-state index is 6.27. The number of rotatable bonds is 6. The first-order chi connectivity index (χ1) is 10.5. The Morgan fingerprint density at radius 3 is 2.50 bits per heavy atom. The molecule has 22 heavy (non-hydrogen) atoms. The number of anilines is 3. The van der Waals surface area contributed by atoms with Crippen molar-refractivity contribution in [2.45, 2.75) is 40.0 Å². The van der Waals surface area contributed by atoms with Crippen molar-refractivity contribution in [3.63, 3.8) is 0 Å². The lowest BCUT2D eigenvalue weighted by Crippen LogP contribution is -2.37. The quantitative estimate of drug-likeness (QED) is 0.421. The van der Waals surface area contributed by atoms with Crippen LogP contribution in [0, 0.1) is 5.41 Å². The molecule has 3 nitrogen and oxygen atoms in total. The lowest BCUT2D eigenvalue weighted by Gasteiger charge is -2.39. The van der Waals surface area contributed by atoms with Gasteiger partial charge in [0, 0.05) is 36.3 Å². The van der Waals surface area contributed by atoms with E-state index in [0.717, 1.165) is 36.3 Å². The zero-order valence-corrected chi connectivity index (χ0v) is 16.4. The van der Waals surface area contributed by atoms with E-state index in [0.29, 0.717) is 5.41 Å². The normalized spacial score (nSPS) is 17.5. The summed E-state index contributed by atoms with van der Waals surface area (Å²) in [7, 11) is 0. The third-order valence-electron chi connectivity index (χ3n) is 4.68. The molecule has 1 aromatic carbocycles. The van der Waals surface area contributed by atoms with E-state index in [1.165, 1.54) is 30.6 Å². The first-order valence-electron chi connectivity index (χ1n) is 8.42. The Balaban J connectivity index is 2.19. The Labute approximate surface area is 149 Å². The summed E-state index contributed by atoms with van der Waals surface area (Å²) in [5, 5.41) is 0. The molecule has 0 aromatic heterocycles. The minimum atomic E-state index is 0.471. The van der Waals surface area contributed by atoms with Gasteiger partial charge in [0.2, 0.25) is 0 Å². The number of piperidine rings is 1. The zero-order valence-electron chi connectivity index (χ0n) is 14.2. The van der Waals surface area contributed by atoms with Crippen LogP contribution in [0.1, 0.15) is 40.0 Å².